The Morgan fingerprint density at radius 3 is 2.68 bits per heavy atom. The highest BCUT2D eigenvalue weighted by Crippen LogP contribution is 2.60. The van der Waals surface area contributed by atoms with Crippen LogP contribution in [0.1, 0.15) is 18.9 Å². The molecule has 2 heterocycles. The quantitative estimate of drug-likeness (QED) is 0.232. The second kappa shape index (κ2) is 9.75. The van der Waals surface area contributed by atoms with E-state index in [0.717, 1.165) is 6.07 Å². The smallest absolute Gasteiger partial charge is 0.319 e. The number of aliphatic hydroxyl groups is 1. The van der Waals surface area contributed by atoms with Crippen molar-refractivity contribution in [2.75, 3.05) is 37.7 Å². The van der Waals surface area contributed by atoms with Gasteiger partial charge in [-0.1, -0.05) is 18.1 Å². The van der Waals surface area contributed by atoms with Gasteiger partial charge in [-0.25, -0.2) is 17.6 Å². The number of phenols is 1. The van der Waals surface area contributed by atoms with E-state index in [-0.39, 0.29) is 40.1 Å². The molecule has 0 spiro atoms. The van der Waals surface area contributed by atoms with Crippen molar-refractivity contribution < 1.29 is 32.5 Å². The molecular weight excluding hydrogens is 540 g/mol. The summed E-state index contributed by atoms with van der Waals surface area (Å²) in [6.45, 7) is 2.05. The van der Waals surface area contributed by atoms with Crippen molar-refractivity contribution in [3.63, 3.8) is 0 Å². The maximum atomic E-state index is 16.5. The molecule has 1 aliphatic heterocycles. The van der Waals surface area contributed by atoms with Crippen molar-refractivity contribution in [1.29, 1.82) is 0 Å². The maximum absolute atomic E-state index is 16.5. The normalized spacial score (nSPS) is 21.7. The first kappa shape index (κ1) is 27.1. The molecule has 1 aliphatic carbocycles. The predicted octanol–water partition coefficient (Wildman–Crippen LogP) is 4.61. The Morgan fingerprint density at radius 1 is 1.22 bits per heavy atom. The average Bonchev–Trinajstić information content (AvgIpc) is 3.51. The first-order valence-corrected chi connectivity index (χ1v) is 13.1. The molecule has 2 aliphatic rings. The number of hydrogen-bond donors (Lipinski definition) is 3. The summed E-state index contributed by atoms with van der Waals surface area (Å²) in [5.41, 5.74) is -2.12. The van der Waals surface area contributed by atoms with Crippen LogP contribution in [0.5, 0.6) is 11.8 Å². The number of terminal acetylenes is 1. The molecular formula is C30H26F4N4O3. The number of piperazine rings is 1. The van der Waals surface area contributed by atoms with Gasteiger partial charge in [0.1, 0.15) is 29.5 Å². The molecule has 2 atom stereocenters. The van der Waals surface area contributed by atoms with Gasteiger partial charge in [-0.2, -0.15) is 9.97 Å². The first-order chi connectivity index (χ1) is 19.6. The lowest BCUT2D eigenvalue weighted by Crippen LogP contribution is -2.49. The molecule has 6 rings (SSSR count). The number of nitrogens with one attached hydrogen (secondary N) is 1. The van der Waals surface area contributed by atoms with Crippen molar-refractivity contribution in [3.05, 3.63) is 53.6 Å². The van der Waals surface area contributed by atoms with E-state index in [9.17, 15) is 19.0 Å². The zero-order valence-corrected chi connectivity index (χ0v) is 22.0. The predicted molar refractivity (Wildman–Crippen MR) is 146 cm³/mol. The number of alkyl halides is 2. The van der Waals surface area contributed by atoms with E-state index in [0.29, 0.717) is 36.0 Å². The van der Waals surface area contributed by atoms with Gasteiger partial charge in [0.05, 0.1) is 17.6 Å². The first-order valence-electron chi connectivity index (χ1n) is 13.1. The molecule has 4 aromatic rings. The van der Waals surface area contributed by atoms with Gasteiger partial charge in [0, 0.05) is 54.0 Å². The molecule has 3 N–H and O–H groups in total. The van der Waals surface area contributed by atoms with Crippen LogP contribution in [-0.4, -0.2) is 65.0 Å². The summed E-state index contributed by atoms with van der Waals surface area (Å²) < 4.78 is 65.9. The van der Waals surface area contributed by atoms with E-state index < -0.39 is 48.2 Å². The Kier molecular flexibility index (Phi) is 6.43. The summed E-state index contributed by atoms with van der Waals surface area (Å²) in [4.78, 5) is 10.4. The molecule has 3 aromatic carbocycles. The van der Waals surface area contributed by atoms with E-state index in [1.165, 1.54) is 12.1 Å². The van der Waals surface area contributed by atoms with Gasteiger partial charge in [-0.15, -0.1) is 6.42 Å². The third kappa shape index (κ3) is 4.47. The van der Waals surface area contributed by atoms with Crippen molar-refractivity contribution in [3.8, 4) is 35.2 Å². The number of aliphatic hydroxyl groups excluding tert-OH is 1. The van der Waals surface area contributed by atoms with E-state index in [4.69, 9.17) is 11.2 Å². The van der Waals surface area contributed by atoms with E-state index in [1.54, 1.807) is 18.2 Å². The Labute approximate surface area is 232 Å². The van der Waals surface area contributed by atoms with E-state index >= 15 is 8.78 Å². The molecule has 0 bridgehead atoms. The number of fused-ring (bicyclic) bond motifs is 2. The highest BCUT2D eigenvalue weighted by atomic mass is 19.3. The number of anilines is 1. The average molecular weight is 567 g/mol. The molecule has 212 valence electrons. The van der Waals surface area contributed by atoms with Gasteiger partial charge in [0.2, 0.25) is 0 Å². The molecule has 11 heteroatoms. The Bertz CT molecular complexity index is 1740. The minimum atomic E-state index is -3.11. The second-order valence-electron chi connectivity index (χ2n) is 10.7. The van der Waals surface area contributed by atoms with Gasteiger partial charge >= 0.3 is 6.01 Å². The molecule has 41 heavy (non-hydrogen) atoms. The monoisotopic (exact) mass is 566 g/mol. The van der Waals surface area contributed by atoms with Crippen LogP contribution in [0.2, 0.25) is 0 Å². The number of aromatic nitrogens is 2. The van der Waals surface area contributed by atoms with Crippen LogP contribution in [0, 0.1) is 29.4 Å². The number of phenolic OH excluding ortho intramolecular Hbond substituents is 1. The highest BCUT2D eigenvalue weighted by Gasteiger charge is 2.71. The lowest BCUT2D eigenvalue weighted by Gasteiger charge is -2.33. The van der Waals surface area contributed by atoms with Crippen molar-refractivity contribution in [2.45, 2.75) is 25.3 Å². The van der Waals surface area contributed by atoms with E-state index in [1.807, 2.05) is 11.8 Å². The lowest BCUT2D eigenvalue weighted by molar-refractivity contribution is 0.0126. The largest absolute Gasteiger partial charge is 0.508 e. The summed E-state index contributed by atoms with van der Waals surface area (Å²) in [5, 5.41) is 24.2. The summed E-state index contributed by atoms with van der Waals surface area (Å²) in [5.74, 6) is -2.59. The topological polar surface area (TPSA) is 90.7 Å². The number of hydrogen-bond acceptors (Lipinski definition) is 7. The van der Waals surface area contributed by atoms with Crippen LogP contribution in [0.25, 0.3) is 32.8 Å². The number of nitrogens with zero attached hydrogens (tertiary/aromatic N) is 3. The SMILES string of the molecule is C#Cc1cccc2cc(O)cc(-c3c(F)cc4c(N5CCNC(C)C5)nc(OC[C@]5(CO)CC5(F)F)nc4c3F)c12. The van der Waals surface area contributed by atoms with Crippen LogP contribution in [0.4, 0.5) is 23.4 Å². The summed E-state index contributed by atoms with van der Waals surface area (Å²) in [6, 6.07) is 8.42. The molecule has 0 radical (unpaired) electrons. The standard InChI is InChI=1S/C30H26F4N4O3/c1-3-17-5-4-6-18-9-19(40)10-20(23(17)18)24-22(31)11-21-26(25(24)32)36-28(41-15-29(14-39)13-30(29,33)34)37-27(21)38-8-7-35-16(2)12-38/h1,4-6,9-11,16,35,39-40H,7-8,12-15H2,2H3/t16?,29-/m1/s1. The fraction of sp³-hybridized carbons (Fsp3) is 0.333. The van der Waals surface area contributed by atoms with Crippen LogP contribution in [-0.2, 0) is 0 Å². The zero-order chi connectivity index (χ0) is 29.1. The Balaban J connectivity index is 1.56. The van der Waals surface area contributed by atoms with Gasteiger partial charge in [0.15, 0.2) is 5.82 Å². The Hall–Kier alpha value is -4.14. The third-order valence-corrected chi connectivity index (χ3v) is 7.89. The van der Waals surface area contributed by atoms with Crippen LogP contribution in [0.3, 0.4) is 0 Å². The fourth-order valence-corrected chi connectivity index (χ4v) is 5.52. The van der Waals surface area contributed by atoms with Crippen molar-refractivity contribution in [1.82, 2.24) is 15.3 Å². The Morgan fingerprint density at radius 2 is 2.00 bits per heavy atom. The number of benzene rings is 3. The molecule has 2 fully saturated rings. The van der Waals surface area contributed by atoms with Crippen LogP contribution in [0.15, 0.2) is 36.4 Å². The fourth-order valence-electron chi connectivity index (χ4n) is 5.52. The maximum Gasteiger partial charge on any atom is 0.319 e. The second-order valence-corrected chi connectivity index (χ2v) is 10.7. The molecule has 1 unspecified atom stereocenters. The molecule has 7 nitrogen and oxygen atoms in total. The van der Waals surface area contributed by atoms with Gasteiger partial charge < -0.3 is 25.2 Å². The van der Waals surface area contributed by atoms with Gasteiger partial charge in [0.25, 0.3) is 5.92 Å². The summed E-state index contributed by atoms with van der Waals surface area (Å²) in [6.07, 6.45) is 5.13. The molecule has 0 amide bonds. The van der Waals surface area contributed by atoms with Gasteiger partial charge in [-0.3, -0.25) is 0 Å². The van der Waals surface area contributed by atoms with Crippen molar-refractivity contribution in [2.24, 2.45) is 5.41 Å². The summed E-state index contributed by atoms with van der Waals surface area (Å²) >= 11 is 0. The number of ether oxygens (including phenoxy) is 1. The minimum absolute atomic E-state index is 0.0285. The van der Waals surface area contributed by atoms with Gasteiger partial charge in [-0.05, 0) is 36.6 Å². The highest BCUT2D eigenvalue weighted by molar-refractivity contribution is 6.04. The third-order valence-electron chi connectivity index (χ3n) is 7.89. The van der Waals surface area contributed by atoms with Crippen LogP contribution < -0.4 is 15.0 Å². The lowest BCUT2D eigenvalue weighted by atomic mass is 9.93. The number of rotatable bonds is 6. The number of halogens is 4. The van der Waals surface area contributed by atoms with E-state index in [2.05, 4.69) is 21.2 Å². The number of aromatic hydroxyl groups is 1. The van der Waals surface area contributed by atoms with Crippen molar-refractivity contribution >= 4 is 27.5 Å². The molecule has 1 saturated carbocycles. The minimum Gasteiger partial charge on any atom is -0.508 e. The summed E-state index contributed by atoms with van der Waals surface area (Å²) in [7, 11) is 0. The zero-order valence-electron chi connectivity index (χ0n) is 22.0. The molecule has 1 saturated heterocycles. The molecule has 1 aromatic heterocycles. The van der Waals surface area contributed by atoms with Crippen LogP contribution >= 0.6 is 0 Å².